The maximum Gasteiger partial charge on any atom is 0.0555 e. The fraction of sp³-hybridized carbons (Fsp3) is 0. The summed E-state index contributed by atoms with van der Waals surface area (Å²) in [6, 6.07) is 84.2. The highest BCUT2D eigenvalue weighted by molar-refractivity contribution is 7.26. The zero-order valence-corrected chi connectivity index (χ0v) is 34.1. The molecule has 0 saturated carbocycles. The first-order valence-electron chi connectivity index (χ1n) is 20.8. The van der Waals surface area contributed by atoms with Crippen molar-refractivity contribution >= 4 is 81.1 Å². The third-order valence-electron chi connectivity index (χ3n) is 12.2. The van der Waals surface area contributed by atoms with Gasteiger partial charge in [-0.1, -0.05) is 170 Å². The molecule has 61 heavy (non-hydrogen) atoms. The predicted molar refractivity (Wildman–Crippen MR) is 262 cm³/mol. The van der Waals surface area contributed by atoms with Crippen molar-refractivity contribution in [2.45, 2.75) is 0 Å². The van der Waals surface area contributed by atoms with Gasteiger partial charge in [-0.15, -0.1) is 11.3 Å². The van der Waals surface area contributed by atoms with Gasteiger partial charge in [0.1, 0.15) is 0 Å². The van der Waals surface area contributed by atoms with Gasteiger partial charge in [-0.05, 0) is 99.3 Å². The van der Waals surface area contributed by atoms with Crippen LogP contribution < -0.4 is 4.90 Å². The summed E-state index contributed by atoms with van der Waals surface area (Å²) in [5, 5.41) is 7.53. The first-order valence-corrected chi connectivity index (χ1v) is 21.7. The van der Waals surface area contributed by atoms with Gasteiger partial charge in [0.2, 0.25) is 0 Å². The number of benzene rings is 10. The van der Waals surface area contributed by atoms with Crippen LogP contribution in [0.15, 0.2) is 231 Å². The number of hydrogen-bond donors (Lipinski definition) is 0. The van der Waals surface area contributed by atoms with Crippen molar-refractivity contribution in [2.75, 3.05) is 4.90 Å². The van der Waals surface area contributed by atoms with Crippen LogP contribution in [0.25, 0.3) is 91.8 Å². The quantitative estimate of drug-likeness (QED) is 0.156. The van der Waals surface area contributed by atoms with Crippen LogP contribution in [-0.2, 0) is 0 Å². The standard InChI is InChI=1S/C58H38N2S/c1-3-16-40(17-4-1)45-25-13-18-41-19-14-26-49(57(41)45)47-23-8-11-28-52(47)59(53-29-15-31-56-58(53)50-24-9-12-30-55(50)61-56)44-35-32-39(33-36-44)42-34-37-48-46-22-7-10-27-51(46)60(54(48)38-42)43-20-5-2-6-21-43/h1-38H. The molecule has 0 N–H and O–H groups in total. The Morgan fingerprint density at radius 3 is 1.79 bits per heavy atom. The molecule has 0 unspecified atom stereocenters. The minimum Gasteiger partial charge on any atom is -0.309 e. The Bertz CT molecular complexity index is 3580. The van der Waals surface area contributed by atoms with Crippen LogP contribution in [0, 0.1) is 0 Å². The lowest BCUT2D eigenvalue weighted by molar-refractivity contribution is 1.18. The second kappa shape index (κ2) is 14.5. The van der Waals surface area contributed by atoms with E-state index in [0.717, 1.165) is 22.7 Å². The molecular weight excluding hydrogens is 757 g/mol. The van der Waals surface area contributed by atoms with Crippen LogP contribution in [0.4, 0.5) is 17.1 Å². The van der Waals surface area contributed by atoms with E-state index in [1.165, 1.54) is 86.1 Å². The first-order chi connectivity index (χ1) is 30.3. The van der Waals surface area contributed by atoms with Crippen LogP contribution in [0.5, 0.6) is 0 Å². The average Bonchev–Trinajstić information content (AvgIpc) is 3.88. The van der Waals surface area contributed by atoms with Gasteiger partial charge in [-0.2, -0.15) is 0 Å². The average molecular weight is 795 g/mol. The van der Waals surface area contributed by atoms with Gasteiger partial charge >= 0.3 is 0 Å². The molecule has 0 amide bonds. The molecule has 0 radical (unpaired) electrons. The molecule has 3 heteroatoms. The minimum atomic E-state index is 1.10. The molecule has 0 bridgehead atoms. The predicted octanol–water partition coefficient (Wildman–Crippen LogP) is 16.8. The number of rotatable bonds is 7. The van der Waals surface area contributed by atoms with E-state index >= 15 is 0 Å². The Hall–Kier alpha value is -7.72. The van der Waals surface area contributed by atoms with Gasteiger partial charge in [-0.3, -0.25) is 0 Å². The molecule has 0 spiro atoms. The van der Waals surface area contributed by atoms with E-state index in [1.54, 1.807) is 0 Å². The number of hydrogen-bond acceptors (Lipinski definition) is 2. The van der Waals surface area contributed by atoms with Crippen molar-refractivity contribution in [1.29, 1.82) is 0 Å². The van der Waals surface area contributed by atoms with E-state index in [1.807, 2.05) is 11.3 Å². The number of aromatic nitrogens is 1. The Morgan fingerprint density at radius 2 is 0.951 bits per heavy atom. The second-order valence-electron chi connectivity index (χ2n) is 15.6. The highest BCUT2D eigenvalue weighted by atomic mass is 32.1. The Kier molecular flexibility index (Phi) is 8.39. The lowest BCUT2D eigenvalue weighted by Gasteiger charge is -2.29. The van der Waals surface area contributed by atoms with Crippen molar-refractivity contribution in [3.8, 4) is 39.1 Å². The topological polar surface area (TPSA) is 8.17 Å². The second-order valence-corrected chi connectivity index (χ2v) is 16.7. The monoisotopic (exact) mass is 794 g/mol. The summed E-state index contributed by atoms with van der Waals surface area (Å²) < 4.78 is 4.96. The molecule has 2 aromatic heterocycles. The summed E-state index contributed by atoms with van der Waals surface area (Å²) in [6.45, 7) is 0. The fourth-order valence-corrected chi connectivity index (χ4v) is 10.6. The smallest absolute Gasteiger partial charge is 0.0555 e. The number of para-hydroxylation sites is 3. The van der Waals surface area contributed by atoms with Gasteiger partial charge in [0.15, 0.2) is 0 Å². The van der Waals surface area contributed by atoms with E-state index in [2.05, 4.69) is 240 Å². The van der Waals surface area contributed by atoms with Crippen molar-refractivity contribution in [3.63, 3.8) is 0 Å². The summed E-state index contributed by atoms with van der Waals surface area (Å²) in [5.41, 5.74) is 14.1. The molecule has 0 aliphatic carbocycles. The summed E-state index contributed by atoms with van der Waals surface area (Å²) >= 11 is 1.86. The van der Waals surface area contributed by atoms with E-state index in [0.29, 0.717) is 0 Å². The van der Waals surface area contributed by atoms with E-state index in [9.17, 15) is 0 Å². The van der Waals surface area contributed by atoms with Crippen LogP contribution in [0.2, 0.25) is 0 Å². The van der Waals surface area contributed by atoms with Crippen molar-refractivity contribution < 1.29 is 0 Å². The van der Waals surface area contributed by atoms with E-state index < -0.39 is 0 Å². The lowest BCUT2D eigenvalue weighted by Crippen LogP contribution is -2.11. The van der Waals surface area contributed by atoms with Crippen LogP contribution >= 0.6 is 11.3 Å². The van der Waals surface area contributed by atoms with Gasteiger partial charge in [-0.25, -0.2) is 0 Å². The maximum atomic E-state index is 2.49. The number of thiophene rings is 1. The first kappa shape index (κ1) is 35.2. The largest absolute Gasteiger partial charge is 0.309 e. The number of fused-ring (bicyclic) bond motifs is 7. The molecule has 12 aromatic rings. The van der Waals surface area contributed by atoms with Gasteiger partial charge in [0.05, 0.1) is 22.4 Å². The SMILES string of the molecule is c1ccc(-c2cccc3cccc(-c4ccccc4N(c4ccc(-c5ccc6c7ccccc7n(-c7ccccc7)c6c5)cc4)c4cccc5sc6ccccc6c45)c23)cc1. The summed E-state index contributed by atoms with van der Waals surface area (Å²) in [4.78, 5) is 2.49. The molecule has 12 rings (SSSR count). The molecule has 0 saturated heterocycles. The summed E-state index contributed by atoms with van der Waals surface area (Å²) in [6.07, 6.45) is 0. The zero-order valence-electron chi connectivity index (χ0n) is 33.2. The molecule has 10 aromatic carbocycles. The van der Waals surface area contributed by atoms with Gasteiger partial charge in [0, 0.05) is 47.9 Å². The molecule has 286 valence electrons. The molecule has 0 aliphatic rings. The fourth-order valence-electron chi connectivity index (χ4n) is 9.48. The van der Waals surface area contributed by atoms with E-state index in [-0.39, 0.29) is 0 Å². The van der Waals surface area contributed by atoms with Crippen molar-refractivity contribution in [2.24, 2.45) is 0 Å². The maximum absolute atomic E-state index is 2.49. The molecule has 2 nitrogen and oxygen atoms in total. The normalized spacial score (nSPS) is 11.6. The molecule has 2 heterocycles. The highest BCUT2D eigenvalue weighted by Gasteiger charge is 2.23. The molecule has 0 atom stereocenters. The van der Waals surface area contributed by atoms with Crippen LogP contribution in [-0.4, -0.2) is 4.57 Å². The van der Waals surface area contributed by atoms with Crippen LogP contribution in [0.1, 0.15) is 0 Å². The minimum absolute atomic E-state index is 1.10. The third-order valence-corrected chi connectivity index (χ3v) is 13.3. The van der Waals surface area contributed by atoms with E-state index in [4.69, 9.17) is 0 Å². The third kappa shape index (κ3) is 5.85. The van der Waals surface area contributed by atoms with Crippen molar-refractivity contribution in [1.82, 2.24) is 4.57 Å². The highest BCUT2D eigenvalue weighted by Crippen LogP contribution is 2.49. The molecule has 0 aliphatic heterocycles. The van der Waals surface area contributed by atoms with Crippen LogP contribution in [0.3, 0.4) is 0 Å². The molecule has 0 fully saturated rings. The summed E-state index contributed by atoms with van der Waals surface area (Å²) in [7, 11) is 0. The Morgan fingerprint density at radius 1 is 0.344 bits per heavy atom. The van der Waals surface area contributed by atoms with Gasteiger partial charge in [0.25, 0.3) is 0 Å². The molecular formula is C58H38N2S. The zero-order chi connectivity index (χ0) is 40.3. The summed E-state index contributed by atoms with van der Waals surface area (Å²) in [5.74, 6) is 0. The lowest BCUT2D eigenvalue weighted by atomic mass is 9.90. The Balaban J connectivity index is 1.06. The number of nitrogens with zero attached hydrogens (tertiary/aromatic N) is 2. The van der Waals surface area contributed by atoms with Gasteiger partial charge < -0.3 is 9.47 Å². The number of anilines is 3. The Labute approximate surface area is 358 Å². The van der Waals surface area contributed by atoms with Crippen molar-refractivity contribution in [3.05, 3.63) is 231 Å².